The molecular formula is C10H19N3O2. The Hall–Kier alpha value is -1.10. The van der Waals surface area contributed by atoms with Crippen molar-refractivity contribution in [3.8, 4) is 0 Å². The molecule has 1 saturated heterocycles. The maximum atomic E-state index is 11.6. The highest BCUT2D eigenvalue weighted by Gasteiger charge is 2.35. The standard InChI is InChI=1S/C10H19N3O2/c1-10(2,9(15)12-3)6-13-5-4-7(11)8(13)14/h7H,4-6,11H2,1-3H3,(H,12,15). The van der Waals surface area contributed by atoms with Crippen LogP contribution in [0.2, 0.25) is 0 Å². The molecule has 0 saturated carbocycles. The van der Waals surface area contributed by atoms with Crippen molar-refractivity contribution in [2.45, 2.75) is 26.3 Å². The molecule has 1 heterocycles. The van der Waals surface area contributed by atoms with Crippen molar-refractivity contribution < 1.29 is 9.59 Å². The number of hydrogen-bond donors (Lipinski definition) is 2. The SMILES string of the molecule is CNC(=O)C(C)(C)CN1CCC(N)C1=O. The van der Waals surface area contributed by atoms with Gasteiger partial charge < -0.3 is 16.0 Å². The number of nitrogens with two attached hydrogens (primary N) is 1. The van der Waals surface area contributed by atoms with E-state index in [0.29, 0.717) is 19.5 Å². The molecule has 5 heteroatoms. The fraction of sp³-hybridized carbons (Fsp3) is 0.800. The predicted octanol–water partition coefficient (Wildman–Crippen LogP) is -0.682. The van der Waals surface area contributed by atoms with Gasteiger partial charge in [-0.1, -0.05) is 0 Å². The van der Waals surface area contributed by atoms with Crippen LogP contribution in [0.5, 0.6) is 0 Å². The van der Waals surface area contributed by atoms with Crippen LogP contribution in [0.15, 0.2) is 0 Å². The zero-order valence-electron chi connectivity index (χ0n) is 9.54. The van der Waals surface area contributed by atoms with Crippen LogP contribution in [0.1, 0.15) is 20.3 Å². The first-order valence-electron chi connectivity index (χ1n) is 5.15. The van der Waals surface area contributed by atoms with Crippen LogP contribution in [0.3, 0.4) is 0 Å². The van der Waals surface area contributed by atoms with Crippen molar-refractivity contribution >= 4 is 11.8 Å². The molecule has 0 aromatic heterocycles. The maximum absolute atomic E-state index is 11.6. The lowest BCUT2D eigenvalue weighted by Crippen LogP contribution is -2.45. The number of nitrogens with one attached hydrogen (secondary N) is 1. The van der Waals surface area contributed by atoms with Crippen LogP contribution < -0.4 is 11.1 Å². The first kappa shape index (κ1) is 12.0. The van der Waals surface area contributed by atoms with Gasteiger partial charge >= 0.3 is 0 Å². The summed E-state index contributed by atoms with van der Waals surface area (Å²) in [6, 6.07) is -0.384. The van der Waals surface area contributed by atoms with Crippen LogP contribution in [0, 0.1) is 5.41 Å². The first-order chi connectivity index (χ1) is 6.88. The number of amides is 2. The summed E-state index contributed by atoms with van der Waals surface area (Å²) in [6.07, 6.45) is 0.683. The third-order valence-corrected chi connectivity index (χ3v) is 2.77. The lowest BCUT2D eigenvalue weighted by molar-refractivity contribution is -0.134. The Kier molecular flexibility index (Phi) is 3.34. The van der Waals surface area contributed by atoms with Gasteiger partial charge in [0.15, 0.2) is 0 Å². The largest absolute Gasteiger partial charge is 0.359 e. The summed E-state index contributed by atoms with van der Waals surface area (Å²) in [5, 5.41) is 2.60. The molecule has 5 nitrogen and oxygen atoms in total. The van der Waals surface area contributed by atoms with E-state index >= 15 is 0 Å². The minimum absolute atomic E-state index is 0.0491. The summed E-state index contributed by atoms with van der Waals surface area (Å²) in [4.78, 5) is 24.8. The predicted molar refractivity (Wildman–Crippen MR) is 57.0 cm³/mol. The summed E-state index contributed by atoms with van der Waals surface area (Å²) in [6.45, 7) is 4.73. The van der Waals surface area contributed by atoms with Crippen LogP contribution >= 0.6 is 0 Å². The molecule has 1 fully saturated rings. The highest BCUT2D eigenvalue weighted by atomic mass is 16.2. The Morgan fingerprint density at radius 3 is 2.67 bits per heavy atom. The molecule has 0 bridgehead atoms. The van der Waals surface area contributed by atoms with E-state index in [-0.39, 0.29) is 17.9 Å². The van der Waals surface area contributed by atoms with E-state index in [4.69, 9.17) is 5.73 Å². The van der Waals surface area contributed by atoms with Gasteiger partial charge in [-0.15, -0.1) is 0 Å². The van der Waals surface area contributed by atoms with Crippen molar-refractivity contribution in [1.29, 1.82) is 0 Å². The van der Waals surface area contributed by atoms with Gasteiger partial charge in [0.1, 0.15) is 0 Å². The normalized spacial score (nSPS) is 22.0. The molecule has 1 atom stereocenters. The van der Waals surface area contributed by atoms with E-state index in [1.807, 2.05) is 13.8 Å². The Morgan fingerprint density at radius 1 is 1.67 bits per heavy atom. The molecule has 3 N–H and O–H groups in total. The van der Waals surface area contributed by atoms with E-state index < -0.39 is 5.41 Å². The quantitative estimate of drug-likeness (QED) is 0.652. The van der Waals surface area contributed by atoms with E-state index in [1.165, 1.54) is 0 Å². The molecule has 0 aromatic carbocycles. The Morgan fingerprint density at radius 2 is 2.27 bits per heavy atom. The van der Waals surface area contributed by atoms with E-state index in [9.17, 15) is 9.59 Å². The van der Waals surface area contributed by atoms with Crippen LogP contribution in [-0.4, -0.2) is 42.9 Å². The van der Waals surface area contributed by atoms with Crippen molar-refractivity contribution in [1.82, 2.24) is 10.2 Å². The lowest BCUT2D eigenvalue weighted by atomic mass is 9.91. The van der Waals surface area contributed by atoms with Gasteiger partial charge in [0.25, 0.3) is 0 Å². The molecule has 1 rings (SSSR count). The molecule has 0 spiro atoms. The molecule has 15 heavy (non-hydrogen) atoms. The van der Waals surface area contributed by atoms with Gasteiger partial charge in [-0.2, -0.15) is 0 Å². The fourth-order valence-corrected chi connectivity index (χ4v) is 1.81. The average Bonchev–Trinajstić information content (AvgIpc) is 2.48. The molecule has 1 unspecified atom stereocenters. The van der Waals surface area contributed by atoms with Crippen LogP contribution in [-0.2, 0) is 9.59 Å². The van der Waals surface area contributed by atoms with Crippen molar-refractivity contribution in [3.63, 3.8) is 0 Å². The van der Waals surface area contributed by atoms with Gasteiger partial charge in [-0.05, 0) is 20.3 Å². The number of hydrogen-bond acceptors (Lipinski definition) is 3. The van der Waals surface area contributed by atoms with Gasteiger partial charge in [-0.3, -0.25) is 9.59 Å². The van der Waals surface area contributed by atoms with Crippen molar-refractivity contribution in [2.75, 3.05) is 20.1 Å². The van der Waals surface area contributed by atoms with Crippen molar-refractivity contribution in [3.05, 3.63) is 0 Å². The third kappa shape index (κ3) is 2.47. The number of likely N-dealkylation sites (tertiary alicyclic amines) is 1. The Balaban J connectivity index is 2.62. The van der Waals surface area contributed by atoms with Gasteiger partial charge in [0.2, 0.25) is 11.8 Å². The van der Waals surface area contributed by atoms with Crippen molar-refractivity contribution in [2.24, 2.45) is 11.1 Å². The molecular weight excluding hydrogens is 194 g/mol. The van der Waals surface area contributed by atoms with E-state index in [2.05, 4.69) is 5.32 Å². The van der Waals surface area contributed by atoms with Crippen LogP contribution in [0.25, 0.3) is 0 Å². The number of carbonyl (C=O) groups is 2. The second-order valence-electron chi connectivity index (χ2n) is 4.62. The number of rotatable bonds is 3. The Bertz CT molecular complexity index is 276. The maximum Gasteiger partial charge on any atom is 0.239 e. The molecule has 1 aliphatic rings. The van der Waals surface area contributed by atoms with Gasteiger partial charge in [0, 0.05) is 20.1 Å². The lowest BCUT2D eigenvalue weighted by Gasteiger charge is -2.28. The third-order valence-electron chi connectivity index (χ3n) is 2.77. The summed E-state index contributed by atoms with van der Waals surface area (Å²) in [5.74, 6) is -0.109. The zero-order valence-corrected chi connectivity index (χ0v) is 9.54. The molecule has 0 aliphatic carbocycles. The summed E-state index contributed by atoms with van der Waals surface area (Å²) < 4.78 is 0. The zero-order chi connectivity index (χ0) is 11.6. The minimum atomic E-state index is -0.561. The molecule has 2 amide bonds. The number of nitrogens with zero attached hydrogens (tertiary/aromatic N) is 1. The second-order valence-corrected chi connectivity index (χ2v) is 4.62. The molecule has 86 valence electrons. The smallest absolute Gasteiger partial charge is 0.239 e. The highest BCUT2D eigenvalue weighted by molar-refractivity contribution is 5.86. The summed E-state index contributed by atoms with van der Waals surface area (Å²) >= 11 is 0. The highest BCUT2D eigenvalue weighted by Crippen LogP contribution is 2.20. The molecule has 0 aromatic rings. The average molecular weight is 213 g/mol. The fourth-order valence-electron chi connectivity index (χ4n) is 1.81. The first-order valence-corrected chi connectivity index (χ1v) is 5.15. The number of carbonyl (C=O) groups excluding carboxylic acids is 2. The minimum Gasteiger partial charge on any atom is -0.359 e. The van der Waals surface area contributed by atoms with Gasteiger partial charge in [-0.25, -0.2) is 0 Å². The van der Waals surface area contributed by atoms with E-state index in [0.717, 1.165) is 0 Å². The summed E-state index contributed by atoms with van der Waals surface area (Å²) in [7, 11) is 1.60. The second kappa shape index (κ2) is 4.18. The topological polar surface area (TPSA) is 75.4 Å². The van der Waals surface area contributed by atoms with E-state index in [1.54, 1.807) is 11.9 Å². The Labute approximate surface area is 90.0 Å². The van der Waals surface area contributed by atoms with Gasteiger partial charge in [0.05, 0.1) is 11.5 Å². The molecule has 1 aliphatic heterocycles. The van der Waals surface area contributed by atoms with Crippen LogP contribution in [0.4, 0.5) is 0 Å². The monoisotopic (exact) mass is 213 g/mol. The molecule has 0 radical (unpaired) electrons. The summed E-state index contributed by atoms with van der Waals surface area (Å²) in [5.41, 5.74) is 5.04.